The van der Waals surface area contributed by atoms with Gasteiger partial charge >= 0.3 is 0 Å². The lowest BCUT2D eigenvalue weighted by molar-refractivity contribution is -0.134. The lowest BCUT2D eigenvalue weighted by Gasteiger charge is -2.25. The van der Waals surface area contributed by atoms with Crippen molar-refractivity contribution in [3.63, 3.8) is 0 Å². The number of carbonyl (C=O) groups is 2. The molecule has 7 heteroatoms. The van der Waals surface area contributed by atoms with Gasteiger partial charge in [0.2, 0.25) is 12.0 Å². The van der Waals surface area contributed by atoms with Crippen LogP contribution in [0.1, 0.15) is 5.56 Å². The number of benzene rings is 2. The first kappa shape index (κ1) is 16.8. The zero-order valence-electron chi connectivity index (χ0n) is 14.3. The van der Waals surface area contributed by atoms with Gasteiger partial charge in [-0.1, -0.05) is 36.4 Å². The van der Waals surface area contributed by atoms with E-state index in [0.29, 0.717) is 11.5 Å². The molecule has 2 amide bonds. The number of para-hydroxylation sites is 3. The van der Waals surface area contributed by atoms with Crippen molar-refractivity contribution in [2.75, 3.05) is 6.61 Å². The van der Waals surface area contributed by atoms with E-state index in [0.717, 1.165) is 16.5 Å². The van der Waals surface area contributed by atoms with Crippen LogP contribution in [0.3, 0.4) is 0 Å². The quantitative estimate of drug-likeness (QED) is 0.692. The van der Waals surface area contributed by atoms with Crippen LogP contribution in [0, 0.1) is 0 Å². The maximum atomic E-state index is 12.2. The molecule has 0 spiro atoms. The Morgan fingerprint density at radius 2 is 1.81 bits per heavy atom. The molecular formula is C20H17N3O4. The number of nitrogens with one attached hydrogen (secondary N) is 2. The Bertz CT molecular complexity index is 1000. The van der Waals surface area contributed by atoms with E-state index in [1.54, 1.807) is 24.4 Å². The summed E-state index contributed by atoms with van der Waals surface area (Å²) in [5.74, 6) is 0.263. The van der Waals surface area contributed by atoms with Gasteiger partial charge in [0.15, 0.2) is 11.5 Å². The van der Waals surface area contributed by atoms with Gasteiger partial charge in [0.05, 0.1) is 11.9 Å². The Balaban J connectivity index is 1.35. The number of hydrogen-bond donors (Lipinski definition) is 2. The molecule has 0 bridgehead atoms. The average molecular weight is 363 g/mol. The fourth-order valence-electron chi connectivity index (χ4n) is 2.89. The van der Waals surface area contributed by atoms with E-state index < -0.39 is 12.0 Å². The number of nitrogens with zero attached hydrogens (tertiary/aromatic N) is 1. The van der Waals surface area contributed by atoms with Crippen LogP contribution in [0.5, 0.6) is 11.5 Å². The van der Waals surface area contributed by atoms with Crippen LogP contribution in [0.25, 0.3) is 10.9 Å². The third-order valence-corrected chi connectivity index (χ3v) is 4.19. The molecule has 0 saturated heterocycles. The van der Waals surface area contributed by atoms with Gasteiger partial charge < -0.3 is 9.47 Å². The van der Waals surface area contributed by atoms with Gasteiger partial charge in [-0.15, -0.1) is 0 Å². The first-order chi connectivity index (χ1) is 13.2. The minimum atomic E-state index is -0.834. The normalized spacial score (nSPS) is 15.2. The van der Waals surface area contributed by atoms with Crippen molar-refractivity contribution in [2.45, 2.75) is 12.5 Å². The van der Waals surface area contributed by atoms with E-state index in [1.165, 1.54) is 0 Å². The molecule has 0 fully saturated rings. The zero-order valence-corrected chi connectivity index (χ0v) is 14.3. The summed E-state index contributed by atoms with van der Waals surface area (Å²) in [6, 6.07) is 16.5. The second-order valence-electron chi connectivity index (χ2n) is 6.07. The van der Waals surface area contributed by atoms with Crippen LogP contribution >= 0.6 is 0 Å². The molecule has 1 aliphatic heterocycles. The van der Waals surface area contributed by atoms with Crippen LogP contribution < -0.4 is 20.3 Å². The topological polar surface area (TPSA) is 89.6 Å². The van der Waals surface area contributed by atoms with Gasteiger partial charge in [-0.3, -0.25) is 25.4 Å². The second-order valence-corrected chi connectivity index (χ2v) is 6.07. The summed E-state index contributed by atoms with van der Waals surface area (Å²) >= 11 is 0. The van der Waals surface area contributed by atoms with Gasteiger partial charge in [-0.2, -0.15) is 0 Å². The Hall–Kier alpha value is -3.61. The molecule has 7 nitrogen and oxygen atoms in total. The minimum Gasteiger partial charge on any atom is -0.485 e. The predicted molar refractivity (Wildman–Crippen MR) is 98.1 cm³/mol. The minimum absolute atomic E-state index is 0.0754. The van der Waals surface area contributed by atoms with E-state index >= 15 is 0 Å². The molecule has 0 radical (unpaired) electrons. The summed E-state index contributed by atoms with van der Waals surface area (Å²) in [5, 5.41) is 0.957. The Kier molecular flexibility index (Phi) is 4.57. The highest BCUT2D eigenvalue weighted by Gasteiger charge is 2.27. The maximum absolute atomic E-state index is 12.2. The Morgan fingerprint density at radius 1 is 1.00 bits per heavy atom. The molecule has 1 aliphatic rings. The molecule has 1 unspecified atom stereocenters. The molecular weight excluding hydrogens is 346 g/mol. The molecule has 3 aromatic rings. The van der Waals surface area contributed by atoms with Crippen molar-refractivity contribution in [3.8, 4) is 11.5 Å². The highest BCUT2D eigenvalue weighted by atomic mass is 16.6. The maximum Gasteiger partial charge on any atom is 0.283 e. The Labute approximate surface area is 155 Å². The van der Waals surface area contributed by atoms with Gasteiger partial charge in [-0.25, -0.2) is 0 Å². The van der Waals surface area contributed by atoms with Crippen LogP contribution in [0.15, 0.2) is 60.8 Å². The van der Waals surface area contributed by atoms with E-state index in [-0.39, 0.29) is 18.9 Å². The van der Waals surface area contributed by atoms with Crippen molar-refractivity contribution < 1.29 is 19.1 Å². The van der Waals surface area contributed by atoms with Crippen molar-refractivity contribution >= 4 is 22.7 Å². The summed E-state index contributed by atoms with van der Waals surface area (Å²) in [7, 11) is 0. The van der Waals surface area contributed by atoms with Crippen molar-refractivity contribution in [1.82, 2.24) is 15.8 Å². The number of hydrazine groups is 1. The fraction of sp³-hybridized carbons (Fsp3) is 0.150. The van der Waals surface area contributed by atoms with Crippen molar-refractivity contribution in [2.24, 2.45) is 0 Å². The van der Waals surface area contributed by atoms with E-state index in [2.05, 4.69) is 15.8 Å². The third-order valence-electron chi connectivity index (χ3n) is 4.19. The number of ether oxygens (including phenoxy) is 2. The number of amides is 2. The molecule has 1 aromatic heterocycles. The highest BCUT2D eigenvalue weighted by Crippen LogP contribution is 2.30. The van der Waals surface area contributed by atoms with Crippen LogP contribution in [-0.4, -0.2) is 29.5 Å². The van der Waals surface area contributed by atoms with E-state index in [9.17, 15) is 9.59 Å². The predicted octanol–water partition coefficient (Wildman–Crippen LogP) is 1.76. The number of fused-ring (bicyclic) bond motifs is 2. The summed E-state index contributed by atoms with van der Waals surface area (Å²) in [6.07, 6.45) is 0.947. The first-order valence-corrected chi connectivity index (χ1v) is 8.50. The highest BCUT2D eigenvalue weighted by molar-refractivity contribution is 5.89. The number of carbonyl (C=O) groups excluding carboxylic acids is 2. The van der Waals surface area contributed by atoms with Crippen LogP contribution in [-0.2, 0) is 16.0 Å². The lowest BCUT2D eigenvalue weighted by atomic mass is 10.1. The molecule has 2 aromatic carbocycles. The lowest BCUT2D eigenvalue weighted by Crippen LogP contribution is -2.51. The number of pyridine rings is 1. The van der Waals surface area contributed by atoms with Crippen molar-refractivity contribution in [3.05, 3.63) is 66.4 Å². The summed E-state index contributed by atoms with van der Waals surface area (Å²) < 4.78 is 11.1. The second kappa shape index (κ2) is 7.33. The SMILES string of the molecule is O=C(Cc1cccc2cccnc12)NNC(=O)C1COc2ccccc2O1. The molecule has 0 aliphatic carbocycles. The summed E-state index contributed by atoms with van der Waals surface area (Å²) in [6.45, 7) is 0.0754. The van der Waals surface area contributed by atoms with Gasteiger partial charge in [0.1, 0.15) is 6.61 Å². The first-order valence-electron chi connectivity index (χ1n) is 8.50. The molecule has 1 atom stereocenters. The fourth-order valence-corrected chi connectivity index (χ4v) is 2.89. The van der Waals surface area contributed by atoms with Crippen LogP contribution in [0.4, 0.5) is 0 Å². The summed E-state index contributed by atoms with van der Waals surface area (Å²) in [4.78, 5) is 28.8. The molecule has 4 rings (SSSR count). The molecule has 0 saturated carbocycles. The van der Waals surface area contributed by atoms with Gasteiger partial charge in [-0.05, 0) is 23.8 Å². The number of aromatic nitrogens is 1. The largest absolute Gasteiger partial charge is 0.485 e. The Morgan fingerprint density at radius 3 is 2.70 bits per heavy atom. The van der Waals surface area contributed by atoms with Crippen LogP contribution in [0.2, 0.25) is 0 Å². The summed E-state index contributed by atoms with van der Waals surface area (Å²) in [5.41, 5.74) is 6.35. The van der Waals surface area contributed by atoms with Gasteiger partial charge in [0, 0.05) is 11.6 Å². The zero-order chi connectivity index (χ0) is 18.6. The van der Waals surface area contributed by atoms with Crippen molar-refractivity contribution in [1.29, 1.82) is 0 Å². The number of rotatable bonds is 3. The van der Waals surface area contributed by atoms with E-state index in [4.69, 9.17) is 9.47 Å². The molecule has 2 N–H and O–H groups in total. The standard InChI is InChI=1S/C20H17N3O4/c24-18(11-14-6-3-5-13-7-4-10-21-19(13)14)22-23-20(25)17-12-26-15-8-1-2-9-16(15)27-17/h1-10,17H,11-12H2,(H,22,24)(H,23,25). The molecule has 27 heavy (non-hydrogen) atoms. The monoisotopic (exact) mass is 363 g/mol. The molecule has 2 heterocycles. The molecule has 136 valence electrons. The average Bonchev–Trinajstić information content (AvgIpc) is 2.72. The van der Waals surface area contributed by atoms with E-state index in [1.807, 2.05) is 36.4 Å². The number of hydrogen-bond acceptors (Lipinski definition) is 5. The van der Waals surface area contributed by atoms with Gasteiger partial charge in [0.25, 0.3) is 5.91 Å². The third kappa shape index (κ3) is 3.67. The smallest absolute Gasteiger partial charge is 0.283 e.